The number of ether oxygens (including phenoxy) is 2. The van der Waals surface area contributed by atoms with Gasteiger partial charge >= 0.3 is 0 Å². The van der Waals surface area contributed by atoms with Gasteiger partial charge in [-0.1, -0.05) is 18.2 Å². The largest absolute Gasteiger partial charge is 0.381 e. The summed E-state index contributed by atoms with van der Waals surface area (Å²) in [5.74, 6) is 0.458. The third-order valence-electron chi connectivity index (χ3n) is 3.76. The highest BCUT2D eigenvalue weighted by atomic mass is 19.1. The fourth-order valence-electron chi connectivity index (χ4n) is 2.41. The summed E-state index contributed by atoms with van der Waals surface area (Å²) in [5, 5.41) is 6.32. The van der Waals surface area contributed by atoms with Crippen LogP contribution < -0.4 is 10.6 Å². The highest BCUT2D eigenvalue weighted by Crippen LogP contribution is 2.10. The molecule has 6 heteroatoms. The van der Waals surface area contributed by atoms with Crippen molar-refractivity contribution in [2.45, 2.75) is 31.9 Å². The molecule has 1 aromatic carbocycles. The van der Waals surface area contributed by atoms with E-state index >= 15 is 0 Å². The molecule has 1 fully saturated rings. The van der Waals surface area contributed by atoms with Crippen LogP contribution in [0.25, 0.3) is 0 Å². The van der Waals surface area contributed by atoms with Crippen molar-refractivity contribution in [3.8, 4) is 0 Å². The molecule has 23 heavy (non-hydrogen) atoms. The first kappa shape index (κ1) is 17.7. The van der Waals surface area contributed by atoms with Gasteiger partial charge < -0.3 is 20.1 Å². The Morgan fingerprint density at radius 1 is 1.30 bits per heavy atom. The van der Waals surface area contributed by atoms with E-state index in [1.165, 1.54) is 6.07 Å². The number of nitrogens with zero attached hydrogens (tertiary/aromatic N) is 1. The number of aliphatic imine (C=N–C) groups is 1. The topological polar surface area (TPSA) is 54.9 Å². The van der Waals surface area contributed by atoms with Crippen LogP contribution in [0.2, 0.25) is 0 Å². The van der Waals surface area contributed by atoms with Gasteiger partial charge in [0.1, 0.15) is 5.82 Å². The van der Waals surface area contributed by atoms with Crippen LogP contribution in [0.5, 0.6) is 0 Å². The molecule has 1 aliphatic heterocycles. The summed E-state index contributed by atoms with van der Waals surface area (Å²) >= 11 is 0. The minimum atomic E-state index is -0.208. The minimum Gasteiger partial charge on any atom is -0.381 e. The number of rotatable bonds is 7. The molecule has 0 spiro atoms. The van der Waals surface area contributed by atoms with Crippen molar-refractivity contribution in [1.29, 1.82) is 0 Å². The molecule has 1 aliphatic rings. The molecule has 0 radical (unpaired) electrons. The lowest BCUT2D eigenvalue weighted by Crippen LogP contribution is -2.37. The predicted molar refractivity (Wildman–Crippen MR) is 89.0 cm³/mol. The number of guanidine groups is 1. The maximum absolute atomic E-state index is 13.5. The second kappa shape index (κ2) is 10.2. The van der Waals surface area contributed by atoms with Gasteiger partial charge in [-0.15, -0.1) is 0 Å². The second-order valence-corrected chi connectivity index (χ2v) is 5.48. The van der Waals surface area contributed by atoms with Gasteiger partial charge in [0, 0.05) is 45.5 Å². The Hall–Kier alpha value is -1.66. The first-order valence-corrected chi connectivity index (χ1v) is 8.17. The van der Waals surface area contributed by atoms with Gasteiger partial charge in [-0.2, -0.15) is 0 Å². The van der Waals surface area contributed by atoms with Crippen LogP contribution in [0.3, 0.4) is 0 Å². The van der Waals surface area contributed by atoms with Crippen LogP contribution in [0.15, 0.2) is 29.3 Å². The lowest BCUT2D eigenvalue weighted by molar-refractivity contribution is -0.0320. The van der Waals surface area contributed by atoms with Crippen LogP contribution in [-0.2, 0) is 16.0 Å². The molecule has 0 aliphatic carbocycles. The van der Waals surface area contributed by atoms with Crippen molar-refractivity contribution in [3.63, 3.8) is 0 Å². The zero-order valence-corrected chi connectivity index (χ0v) is 13.7. The van der Waals surface area contributed by atoms with E-state index in [1.54, 1.807) is 19.2 Å². The normalized spacial score (nSPS) is 16.3. The second-order valence-electron chi connectivity index (χ2n) is 5.48. The maximum Gasteiger partial charge on any atom is 0.191 e. The van der Waals surface area contributed by atoms with Gasteiger partial charge in [0.15, 0.2) is 5.96 Å². The number of halogens is 1. The molecule has 128 valence electrons. The van der Waals surface area contributed by atoms with Gasteiger partial charge in [-0.05, 0) is 25.3 Å². The number of hydrogen-bond acceptors (Lipinski definition) is 3. The molecule has 2 N–H and O–H groups in total. The smallest absolute Gasteiger partial charge is 0.191 e. The van der Waals surface area contributed by atoms with E-state index in [0.29, 0.717) is 24.2 Å². The lowest BCUT2D eigenvalue weighted by Gasteiger charge is -2.22. The molecular formula is C17H26FN3O2. The van der Waals surface area contributed by atoms with Crippen LogP contribution in [0.4, 0.5) is 4.39 Å². The van der Waals surface area contributed by atoms with Crippen molar-refractivity contribution in [1.82, 2.24) is 10.6 Å². The third-order valence-corrected chi connectivity index (χ3v) is 3.76. The summed E-state index contributed by atoms with van der Waals surface area (Å²) in [5.41, 5.74) is 0.623. The summed E-state index contributed by atoms with van der Waals surface area (Å²) < 4.78 is 24.7. The monoisotopic (exact) mass is 323 g/mol. The first-order valence-electron chi connectivity index (χ1n) is 8.17. The minimum absolute atomic E-state index is 0.208. The zero-order chi connectivity index (χ0) is 16.3. The van der Waals surface area contributed by atoms with Gasteiger partial charge in [0.05, 0.1) is 6.10 Å². The maximum atomic E-state index is 13.5. The molecule has 0 unspecified atom stereocenters. The molecule has 0 amide bonds. The SMILES string of the molecule is CN=C(NCCCOC1CCOCC1)NCc1ccccc1F. The van der Waals surface area contributed by atoms with E-state index in [1.807, 2.05) is 6.07 Å². The van der Waals surface area contributed by atoms with E-state index in [-0.39, 0.29) is 5.82 Å². The summed E-state index contributed by atoms with van der Waals surface area (Å²) in [6.45, 7) is 3.50. The summed E-state index contributed by atoms with van der Waals surface area (Å²) in [7, 11) is 1.70. The summed E-state index contributed by atoms with van der Waals surface area (Å²) in [6, 6.07) is 6.73. The Kier molecular flexibility index (Phi) is 7.83. The van der Waals surface area contributed by atoms with Crippen molar-refractivity contribution < 1.29 is 13.9 Å². The van der Waals surface area contributed by atoms with Gasteiger partial charge in [0.2, 0.25) is 0 Å². The summed E-state index contributed by atoms with van der Waals surface area (Å²) in [4.78, 5) is 4.13. The first-order chi connectivity index (χ1) is 11.3. The number of benzene rings is 1. The average Bonchev–Trinajstić information content (AvgIpc) is 2.59. The fourth-order valence-corrected chi connectivity index (χ4v) is 2.41. The molecule has 5 nitrogen and oxygen atoms in total. The van der Waals surface area contributed by atoms with E-state index < -0.39 is 0 Å². The van der Waals surface area contributed by atoms with Crippen LogP contribution in [0.1, 0.15) is 24.8 Å². The third kappa shape index (κ3) is 6.54. The highest BCUT2D eigenvalue weighted by Gasteiger charge is 2.13. The van der Waals surface area contributed by atoms with Crippen molar-refractivity contribution in [2.24, 2.45) is 4.99 Å². The van der Waals surface area contributed by atoms with Crippen molar-refractivity contribution in [3.05, 3.63) is 35.6 Å². The Bertz CT molecular complexity index is 490. The Morgan fingerprint density at radius 2 is 2.09 bits per heavy atom. The van der Waals surface area contributed by atoms with E-state index in [0.717, 1.165) is 45.6 Å². The van der Waals surface area contributed by atoms with Gasteiger partial charge in [0.25, 0.3) is 0 Å². The zero-order valence-electron chi connectivity index (χ0n) is 13.7. The lowest BCUT2D eigenvalue weighted by atomic mass is 10.1. The molecule has 1 aromatic rings. The van der Waals surface area contributed by atoms with E-state index in [4.69, 9.17) is 9.47 Å². The fraction of sp³-hybridized carbons (Fsp3) is 0.588. The van der Waals surface area contributed by atoms with E-state index in [9.17, 15) is 4.39 Å². The Morgan fingerprint density at radius 3 is 2.83 bits per heavy atom. The molecule has 0 aromatic heterocycles. The Labute approximate surface area is 137 Å². The molecule has 0 atom stereocenters. The van der Waals surface area contributed by atoms with Gasteiger partial charge in [-0.3, -0.25) is 4.99 Å². The molecule has 0 saturated carbocycles. The quantitative estimate of drug-likeness (QED) is 0.458. The molecular weight excluding hydrogens is 297 g/mol. The average molecular weight is 323 g/mol. The van der Waals surface area contributed by atoms with Crippen LogP contribution in [-0.4, -0.2) is 45.5 Å². The van der Waals surface area contributed by atoms with Crippen molar-refractivity contribution in [2.75, 3.05) is 33.4 Å². The number of hydrogen-bond donors (Lipinski definition) is 2. The Balaban J connectivity index is 1.58. The molecule has 2 rings (SSSR count). The van der Waals surface area contributed by atoms with Crippen molar-refractivity contribution >= 4 is 5.96 Å². The molecule has 1 heterocycles. The van der Waals surface area contributed by atoms with Crippen LogP contribution in [0, 0.1) is 5.82 Å². The van der Waals surface area contributed by atoms with Gasteiger partial charge in [-0.25, -0.2) is 4.39 Å². The van der Waals surface area contributed by atoms with E-state index in [2.05, 4.69) is 15.6 Å². The highest BCUT2D eigenvalue weighted by molar-refractivity contribution is 5.79. The molecule has 0 bridgehead atoms. The molecule has 1 saturated heterocycles. The summed E-state index contributed by atoms with van der Waals surface area (Å²) in [6.07, 6.45) is 3.21. The predicted octanol–water partition coefficient (Wildman–Crippen LogP) is 2.08. The number of nitrogens with one attached hydrogen (secondary N) is 2. The standard InChI is InChI=1S/C17H26FN3O2/c1-19-17(21-13-14-5-2-3-6-16(14)18)20-9-4-10-23-15-7-11-22-12-8-15/h2-3,5-6,15H,4,7-13H2,1H3,(H2,19,20,21). The van der Waals surface area contributed by atoms with Crippen LogP contribution >= 0.6 is 0 Å².